The molecule has 5 nitrogen and oxygen atoms in total. The summed E-state index contributed by atoms with van der Waals surface area (Å²) in [5.74, 6) is 0.664. The van der Waals surface area contributed by atoms with Crippen LogP contribution < -0.4 is 10.9 Å². The Labute approximate surface area is 169 Å². The zero-order valence-corrected chi connectivity index (χ0v) is 16.9. The van der Waals surface area contributed by atoms with Gasteiger partial charge in [0.15, 0.2) is 0 Å². The van der Waals surface area contributed by atoms with Gasteiger partial charge in [-0.25, -0.2) is 4.98 Å². The van der Waals surface area contributed by atoms with E-state index in [1.54, 1.807) is 29.5 Å². The van der Waals surface area contributed by atoms with Crippen LogP contribution in [0.5, 0.6) is 0 Å². The number of hydrogen-bond acceptors (Lipinski definition) is 4. The molecular formula is C19H17Cl2N3O2S. The van der Waals surface area contributed by atoms with Gasteiger partial charge >= 0.3 is 0 Å². The van der Waals surface area contributed by atoms with Crippen molar-refractivity contribution < 1.29 is 4.79 Å². The number of carbonyl (C=O) groups is 1. The zero-order valence-electron chi connectivity index (χ0n) is 14.6. The van der Waals surface area contributed by atoms with Crippen molar-refractivity contribution in [3.63, 3.8) is 0 Å². The molecule has 0 bridgehead atoms. The molecule has 1 aliphatic rings. The van der Waals surface area contributed by atoms with Gasteiger partial charge in [0, 0.05) is 9.90 Å². The Kier molecular flexibility index (Phi) is 4.97. The number of rotatable bonds is 3. The van der Waals surface area contributed by atoms with Gasteiger partial charge in [0.2, 0.25) is 5.91 Å². The van der Waals surface area contributed by atoms with Crippen LogP contribution in [0.25, 0.3) is 10.2 Å². The largest absolute Gasteiger partial charge is 0.324 e. The maximum Gasteiger partial charge on any atom is 0.259 e. The van der Waals surface area contributed by atoms with E-state index in [0.717, 1.165) is 24.8 Å². The summed E-state index contributed by atoms with van der Waals surface area (Å²) in [6.07, 6.45) is 2.95. The number of nitrogens with one attached hydrogen (secondary N) is 2. The highest BCUT2D eigenvalue weighted by Crippen LogP contribution is 2.35. The van der Waals surface area contributed by atoms with Crippen molar-refractivity contribution in [1.29, 1.82) is 0 Å². The molecular weight excluding hydrogens is 405 g/mol. The van der Waals surface area contributed by atoms with Crippen molar-refractivity contribution >= 4 is 56.3 Å². The molecule has 0 aliphatic heterocycles. The van der Waals surface area contributed by atoms with Gasteiger partial charge in [-0.15, -0.1) is 11.3 Å². The van der Waals surface area contributed by atoms with Gasteiger partial charge in [-0.3, -0.25) is 9.59 Å². The summed E-state index contributed by atoms with van der Waals surface area (Å²) in [4.78, 5) is 34.2. The molecule has 140 valence electrons. The van der Waals surface area contributed by atoms with Crippen LogP contribution in [0.4, 0.5) is 5.69 Å². The van der Waals surface area contributed by atoms with E-state index >= 15 is 0 Å². The first kappa shape index (κ1) is 18.5. The maximum atomic E-state index is 12.6. The topological polar surface area (TPSA) is 74.8 Å². The number of benzene rings is 1. The van der Waals surface area contributed by atoms with Crippen LogP contribution in [0.15, 0.2) is 23.0 Å². The lowest BCUT2D eigenvalue weighted by molar-refractivity contribution is -0.115. The number of nitrogens with zero attached hydrogens (tertiary/aromatic N) is 1. The molecule has 27 heavy (non-hydrogen) atoms. The number of hydrogen-bond donors (Lipinski definition) is 2. The zero-order chi connectivity index (χ0) is 19.1. The molecule has 0 saturated heterocycles. The molecule has 0 radical (unpaired) electrons. The second-order valence-electron chi connectivity index (χ2n) is 6.89. The van der Waals surface area contributed by atoms with E-state index in [1.165, 1.54) is 4.88 Å². The Morgan fingerprint density at radius 2 is 2.22 bits per heavy atom. The third kappa shape index (κ3) is 3.74. The molecule has 1 aliphatic carbocycles. The Bertz CT molecular complexity index is 1110. The van der Waals surface area contributed by atoms with Crippen LogP contribution in [-0.4, -0.2) is 15.9 Å². The normalized spacial score (nSPS) is 16.3. The minimum absolute atomic E-state index is 0.0386. The predicted octanol–water partition coefficient (Wildman–Crippen LogP) is 4.60. The highest BCUT2D eigenvalue weighted by Gasteiger charge is 2.23. The average Bonchev–Trinajstić information content (AvgIpc) is 2.95. The number of fused-ring (bicyclic) bond motifs is 3. The minimum Gasteiger partial charge on any atom is -0.324 e. The van der Waals surface area contributed by atoms with Gasteiger partial charge in [-0.05, 0) is 48.9 Å². The van der Waals surface area contributed by atoms with Crippen LogP contribution in [0.3, 0.4) is 0 Å². The first-order valence-electron chi connectivity index (χ1n) is 8.69. The molecule has 1 atom stereocenters. The molecule has 3 aromatic rings. The molecule has 0 saturated carbocycles. The number of halogens is 2. The lowest BCUT2D eigenvalue weighted by Crippen LogP contribution is -2.20. The standard InChI is InChI=1S/C19H17Cl2N3O2S/c1-9-2-4-11-14(6-9)27-19-17(11)18(26)23-15(24-19)8-16(25)22-13-5-3-10(20)7-12(13)21/h3,5,7,9H,2,4,6,8H2,1H3,(H,22,25)(H,23,24,26). The minimum atomic E-state index is -0.309. The van der Waals surface area contributed by atoms with E-state index in [9.17, 15) is 9.59 Å². The van der Waals surface area contributed by atoms with Crippen LogP contribution >= 0.6 is 34.5 Å². The van der Waals surface area contributed by atoms with Gasteiger partial charge in [0.25, 0.3) is 5.56 Å². The van der Waals surface area contributed by atoms with Gasteiger partial charge in [0.1, 0.15) is 10.7 Å². The van der Waals surface area contributed by atoms with E-state index in [4.69, 9.17) is 23.2 Å². The number of anilines is 1. The van der Waals surface area contributed by atoms with Crippen LogP contribution in [-0.2, 0) is 24.1 Å². The first-order valence-corrected chi connectivity index (χ1v) is 10.3. The number of H-pyrrole nitrogens is 1. The van der Waals surface area contributed by atoms with Crippen molar-refractivity contribution in [3.8, 4) is 0 Å². The summed E-state index contributed by atoms with van der Waals surface area (Å²) in [6.45, 7) is 2.22. The number of thiophene rings is 1. The van der Waals surface area contributed by atoms with Crippen molar-refractivity contribution in [2.24, 2.45) is 5.92 Å². The summed E-state index contributed by atoms with van der Waals surface area (Å²) >= 11 is 13.5. The van der Waals surface area contributed by atoms with E-state index in [2.05, 4.69) is 22.2 Å². The molecule has 1 aromatic carbocycles. The highest BCUT2D eigenvalue weighted by atomic mass is 35.5. The first-order chi connectivity index (χ1) is 12.9. The second kappa shape index (κ2) is 7.26. The molecule has 2 N–H and O–H groups in total. The third-order valence-corrected chi connectivity index (χ3v) is 6.44. The van der Waals surface area contributed by atoms with Crippen LogP contribution in [0.2, 0.25) is 10.0 Å². The molecule has 2 heterocycles. The van der Waals surface area contributed by atoms with E-state index in [-0.39, 0.29) is 17.9 Å². The fourth-order valence-electron chi connectivity index (χ4n) is 3.41. The van der Waals surface area contributed by atoms with Crippen LogP contribution in [0.1, 0.15) is 29.6 Å². The Hall–Kier alpha value is -1.89. The number of aromatic amines is 1. The van der Waals surface area contributed by atoms with Gasteiger partial charge < -0.3 is 10.3 Å². The van der Waals surface area contributed by atoms with Gasteiger partial charge in [-0.2, -0.15) is 0 Å². The number of carbonyl (C=O) groups excluding carboxylic acids is 1. The number of amides is 1. The molecule has 1 amide bonds. The highest BCUT2D eigenvalue weighted by molar-refractivity contribution is 7.18. The van der Waals surface area contributed by atoms with Crippen molar-refractivity contribution in [3.05, 3.63) is 54.9 Å². The summed E-state index contributed by atoms with van der Waals surface area (Å²) in [5.41, 5.74) is 1.43. The predicted molar refractivity (Wildman–Crippen MR) is 110 cm³/mol. The third-order valence-electron chi connectivity index (χ3n) is 4.75. The van der Waals surface area contributed by atoms with Crippen molar-refractivity contribution in [2.75, 3.05) is 5.32 Å². The average molecular weight is 422 g/mol. The second-order valence-corrected chi connectivity index (χ2v) is 8.82. The molecule has 1 unspecified atom stereocenters. The van der Waals surface area contributed by atoms with Crippen LogP contribution in [0, 0.1) is 5.92 Å². The fourth-order valence-corrected chi connectivity index (χ4v) is 5.27. The van der Waals surface area contributed by atoms with E-state index in [0.29, 0.717) is 37.7 Å². The maximum absolute atomic E-state index is 12.6. The number of aryl methyl sites for hydroxylation is 1. The van der Waals surface area contributed by atoms with Gasteiger partial charge in [-0.1, -0.05) is 30.1 Å². The summed E-state index contributed by atoms with van der Waals surface area (Å²) < 4.78 is 0. The number of aromatic nitrogens is 2. The Morgan fingerprint density at radius 1 is 1.41 bits per heavy atom. The quantitative estimate of drug-likeness (QED) is 0.648. The smallest absolute Gasteiger partial charge is 0.259 e. The monoisotopic (exact) mass is 421 g/mol. The lowest BCUT2D eigenvalue weighted by atomic mass is 9.89. The summed E-state index contributed by atoms with van der Waals surface area (Å²) in [7, 11) is 0. The summed E-state index contributed by atoms with van der Waals surface area (Å²) in [6, 6.07) is 4.84. The molecule has 8 heteroatoms. The van der Waals surface area contributed by atoms with E-state index < -0.39 is 0 Å². The fraction of sp³-hybridized carbons (Fsp3) is 0.316. The lowest BCUT2D eigenvalue weighted by Gasteiger charge is -2.17. The molecule has 4 rings (SSSR count). The SMILES string of the molecule is CC1CCc2c(sc3nc(CC(=O)Nc4ccc(Cl)cc4Cl)[nH]c(=O)c23)C1. The van der Waals surface area contributed by atoms with E-state index in [1.807, 2.05) is 0 Å². The molecule has 2 aromatic heterocycles. The Balaban J connectivity index is 1.59. The Morgan fingerprint density at radius 3 is 3.00 bits per heavy atom. The molecule has 0 fully saturated rings. The molecule has 0 spiro atoms. The summed E-state index contributed by atoms with van der Waals surface area (Å²) in [5, 5.41) is 4.25. The van der Waals surface area contributed by atoms with Crippen molar-refractivity contribution in [1.82, 2.24) is 9.97 Å². The van der Waals surface area contributed by atoms with Crippen molar-refractivity contribution in [2.45, 2.75) is 32.6 Å². The van der Waals surface area contributed by atoms with Gasteiger partial charge in [0.05, 0.1) is 22.5 Å².